The van der Waals surface area contributed by atoms with Crippen molar-refractivity contribution >= 4 is 11.9 Å². The highest BCUT2D eigenvalue weighted by molar-refractivity contribution is 5.79. The predicted octanol–water partition coefficient (Wildman–Crippen LogP) is 1.34. The van der Waals surface area contributed by atoms with Crippen molar-refractivity contribution in [2.24, 2.45) is 5.92 Å². The van der Waals surface area contributed by atoms with Crippen LogP contribution >= 0.6 is 0 Å². The first-order valence-corrected chi connectivity index (χ1v) is 5.33. The van der Waals surface area contributed by atoms with Crippen molar-refractivity contribution in [3.05, 3.63) is 35.4 Å². The lowest BCUT2D eigenvalue weighted by molar-refractivity contribution is -0.141. The molecular weight excluding hydrogens is 244 g/mol. The molecule has 0 aliphatic carbocycles. The van der Waals surface area contributed by atoms with E-state index in [1.807, 2.05) is 0 Å². The number of benzene rings is 1. The molecule has 0 spiro atoms. The second kappa shape index (κ2) is 6.09. The second-order valence-electron chi connectivity index (χ2n) is 3.97. The van der Waals surface area contributed by atoms with Crippen LogP contribution in [0.3, 0.4) is 0 Å². The predicted molar refractivity (Wildman–Crippen MR) is 59.9 cm³/mol. The van der Waals surface area contributed by atoms with Crippen LogP contribution in [0.25, 0.3) is 0 Å². The highest BCUT2D eigenvalue weighted by Gasteiger charge is 2.12. The van der Waals surface area contributed by atoms with Gasteiger partial charge in [-0.05, 0) is 17.7 Å². The number of rotatable bonds is 5. The molecule has 2 N–H and O–H groups in total. The molecule has 0 heterocycles. The fourth-order valence-corrected chi connectivity index (χ4v) is 1.25. The van der Waals surface area contributed by atoms with E-state index in [4.69, 9.17) is 5.11 Å². The third-order valence-corrected chi connectivity index (χ3v) is 2.38. The Labute approximate surface area is 103 Å². The summed E-state index contributed by atoms with van der Waals surface area (Å²) in [6.07, 6.45) is -0.121. The van der Waals surface area contributed by atoms with Crippen molar-refractivity contribution in [3.63, 3.8) is 0 Å². The molecule has 0 aromatic heterocycles. The summed E-state index contributed by atoms with van der Waals surface area (Å²) >= 11 is 0. The minimum Gasteiger partial charge on any atom is -0.481 e. The number of carbonyl (C=O) groups excluding carboxylic acids is 1. The second-order valence-corrected chi connectivity index (χ2v) is 3.97. The van der Waals surface area contributed by atoms with Gasteiger partial charge in [0.1, 0.15) is 0 Å². The lowest BCUT2D eigenvalue weighted by Crippen LogP contribution is -2.32. The minimum atomic E-state index is -1.01. The monoisotopic (exact) mass is 257 g/mol. The molecule has 1 amide bonds. The highest BCUT2D eigenvalue weighted by Crippen LogP contribution is 2.09. The van der Waals surface area contributed by atoms with E-state index < -0.39 is 29.4 Å². The summed E-state index contributed by atoms with van der Waals surface area (Å²) < 4.78 is 25.5. The van der Waals surface area contributed by atoms with E-state index in [-0.39, 0.29) is 13.0 Å². The standard InChI is InChI=1S/C12H13F2NO3/c1-7(12(17)18)6-15-11(16)5-8-2-3-9(13)10(14)4-8/h2-4,7H,5-6H2,1H3,(H,15,16)(H,17,18). The number of carbonyl (C=O) groups is 2. The molecule has 0 aliphatic heterocycles. The zero-order valence-corrected chi connectivity index (χ0v) is 9.74. The molecule has 1 aromatic rings. The number of hydrogen-bond acceptors (Lipinski definition) is 2. The number of hydrogen-bond donors (Lipinski definition) is 2. The van der Waals surface area contributed by atoms with Crippen molar-refractivity contribution < 1.29 is 23.5 Å². The van der Waals surface area contributed by atoms with Crippen LogP contribution in [0.1, 0.15) is 12.5 Å². The lowest BCUT2D eigenvalue weighted by Gasteiger charge is -2.08. The Kier molecular flexibility index (Phi) is 4.76. The maximum atomic E-state index is 12.9. The van der Waals surface area contributed by atoms with E-state index in [0.29, 0.717) is 5.56 Å². The molecule has 0 aliphatic rings. The van der Waals surface area contributed by atoms with Gasteiger partial charge in [0.25, 0.3) is 0 Å². The van der Waals surface area contributed by atoms with Gasteiger partial charge in [-0.2, -0.15) is 0 Å². The Bertz CT molecular complexity index is 463. The topological polar surface area (TPSA) is 66.4 Å². The highest BCUT2D eigenvalue weighted by atomic mass is 19.2. The fourth-order valence-electron chi connectivity index (χ4n) is 1.25. The molecule has 1 rings (SSSR count). The SMILES string of the molecule is CC(CNC(=O)Cc1ccc(F)c(F)c1)C(=O)O. The van der Waals surface area contributed by atoms with E-state index in [1.54, 1.807) is 0 Å². The molecule has 1 atom stereocenters. The van der Waals surface area contributed by atoms with Gasteiger partial charge in [-0.15, -0.1) is 0 Å². The first kappa shape index (κ1) is 14.1. The Morgan fingerprint density at radius 3 is 2.56 bits per heavy atom. The molecule has 18 heavy (non-hydrogen) atoms. The zero-order valence-electron chi connectivity index (χ0n) is 9.74. The quantitative estimate of drug-likeness (QED) is 0.836. The van der Waals surface area contributed by atoms with E-state index in [9.17, 15) is 18.4 Å². The van der Waals surface area contributed by atoms with Crippen LogP contribution in [0, 0.1) is 17.6 Å². The van der Waals surface area contributed by atoms with Crippen molar-refractivity contribution in [1.29, 1.82) is 0 Å². The maximum absolute atomic E-state index is 12.9. The first-order chi connectivity index (χ1) is 8.40. The van der Waals surface area contributed by atoms with Gasteiger partial charge in [-0.1, -0.05) is 13.0 Å². The molecule has 4 nitrogen and oxygen atoms in total. The van der Waals surface area contributed by atoms with Crippen LogP contribution in [0.2, 0.25) is 0 Å². The normalized spacial score (nSPS) is 11.9. The van der Waals surface area contributed by atoms with Gasteiger partial charge in [0, 0.05) is 6.54 Å². The molecule has 6 heteroatoms. The average molecular weight is 257 g/mol. The minimum absolute atomic E-state index is 0.00214. The van der Waals surface area contributed by atoms with E-state index in [1.165, 1.54) is 13.0 Å². The molecule has 1 unspecified atom stereocenters. The Hall–Kier alpha value is -1.98. The average Bonchev–Trinajstić information content (AvgIpc) is 2.30. The number of nitrogens with one attached hydrogen (secondary N) is 1. The van der Waals surface area contributed by atoms with Crippen LogP contribution < -0.4 is 5.32 Å². The third-order valence-electron chi connectivity index (χ3n) is 2.38. The maximum Gasteiger partial charge on any atom is 0.308 e. The fraction of sp³-hybridized carbons (Fsp3) is 0.333. The summed E-state index contributed by atoms with van der Waals surface area (Å²) in [5.74, 6) is -4.13. The Balaban J connectivity index is 2.49. The molecule has 0 bridgehead atoms. The number of carboxylic acid groups (broad SMARTS) is 1. The summed E-state index contributed by atoms with van der Waals surface area (Å²) in [6.45, 7) is 1.46. The number of aliphatic carboxylic acids is 1. The molecule has 0 saturated heterocycles. The molecular formula is C12H13F2NO3. The molecule has 0 saturated carbocycles. The summed E-state index contributed by atoms with van der Waals surface area (Å²) in [6, 6.07) is 3.19. The summed E-state index contributed by atoms with van der Waals surface area (Å²) in [7, 11) is 0. The number of amides is 1. The van der Waals surface area contributed by atoms with E-state index in [0.717, 1.165) is 12.1 Å². The molecule has 1 aromatic carbocycles. The van der Waals surface area contributed by atoms with Gasteiger partial charge in [-0.25, -0.2) is 8.78 Å². The van der Waals surface area contributed by atoms with E-state index in [2.05, 4.69) is 5.32 Å². The molecule has 98 valence electrons. The zero-order chi connectivity index (χ0) is 13.7. The Morgan fingerprint density at radius 1 is 1.33 bits per heavy atom. The van der Waals surface area contributed by atoms with Gasteiger partial charge in [-0.3, -0.25) is 9.59 Å². The molecule has 0 radical (unpaired) electrons. The van der Waals surface area contributed by atoms with Gasteiger partial charge >= 0.3 is 5.97 Å². The van der Waals surface area contributed by atoms with Crippen molar-refractivity contribution in [1.82, 2.24) is 5.32 Å². The van der Waals surface area contributed by atoms with Gasteiger partial charge < -0.3 is 10.4 Å². The number of halogens is 2. The number of carboxylic acids is 1. The third kappa shape index (κ3) is 4.12. The van der Waals surface area contributed by atoms with Crippen LogP contribution in [0.4, 0.5) is 8.78 Å². The first-order valence-electron chi connectivity index (χ1n) is 5.33. The van der Waals surface area contributed by atoms with Crippen LogP contribution in [-0.2, 0) is 16.0 Å². The summed E-state index contributed by atoms with van der Waals surface area (Å²) in [5, 5.41) is 11.0. The van der Waals surface area contributed by atoms with Crippen molar-refractivity contribution in [3.8, 4) is 0 Å². The smallest absolute Gasteiger partial charge is 0.308 e. The van der Waals surface area contributed by atoms with E-state index >= 15 is 0 Å². The summed E-state index contributed by atoms with van der Waals surface area (Å²) in [5.41, 5.74) is 0.328. The van der Waals surface area contributed by atoms with Gasteiger partial charge in [0.05, 0.1) is 12.3 Å². The lowest BCUT2D eigenvalue weighted by atomic mass is 10.1. The van der Waals surface area contributed by atoms with Crippen LogP contribution in [0.15, 0.2) is 18.2 Å². The van der Waals surface area contributed by atoms with Crippen molar-refractivity contribution in [2.45, 2.75) is 13.3 Å². The largest absolute Gasteiger partial charge is 0.481 e. The Morgan fingerprint density at radius 2 is 2.00 bits per heavy atom. The van der Waals surface area contributed by atoms with Crippen LogP contribution in [0.5, 0.6) is 0 Å². The van der Waals surface area contributed by atoms with Crippen molar-refractivity contribution in [2.75, 3.05) is 6.54 Å². The molecule has 0 fully saturated rings. The van der Waals surface area contributed by atoms with Gasteiger partial charge in [0.15, 0.2) is 11.6 Å². The summed E-state index contributed by atoms with van der Waals surface area (Å²) in [4.78, 5) is 21.9. The van der Waals surface area contributed by atoms with Crippen LogP contribution in [-0.4, -0.2) is 23.5 Å². The van der Waals surface area contributed by atoms with Gasteiger partial charge in [0.2, 0.25) is 5.91 Å².